The molecule has 2 bridgehead atoms. The molecule has 2 atom stereocenters. The number of sulfonamides is 1. The van der Waals surface area contributed by atoms with Gasteiger partial charge in [-0.3, -0.25) is 0 Å². The normalized spacial score (nSPS) is 25.9. The lowest BCUT2D eigenvalue weighted by molar-refractivity contribution is -0.0115. The van der Waals surface area contributed by atoms with E-state index in [4.69, 9.17) is 22.7 Å². The van der Waals surface area contributed by atoms with E-state index in [1.165, 1.54) is 0 Å². The van der Waals surface area contributed by atoms with Crippen molar-refractivity contribution in [3.05, 3.63) is 35.4 Å². The molecule has 0 radical (unpaired) electrons. The molecule has 2 heterocycles. The summed E-state index contributed by atoms with van der Waals surface area (Å²) in [5.74, 6) is 0.00402. The largest absolute Gasteiger partial charge is 0.389 e. The third-order valence-electron chi connectivity index (χ3n) is 3.99. The van der Waals surface area contributed by atoms with Gasteiger partial charge in [-0.15, -0.1) is 0 Å². The van der Waals surface area contributed by atoms with Crippen LogP contribution in [0.15, 0.2) is 24.3 Å². The standard InChI is InChI=1S/C14H18N2O3S2/c15-14(20)11-3-1-10(2-4-11)9-21(17,18)16-7-12-5-6-13(8-16)19-12/h1-4,12-13H,5-9H2,(H2,15,20). The molecule has 2 aliphatic rings. The highest BCUT2D eigenvalue weighted by Gasteiger charge is 2.38. The smallest absolute Gasteiger partial charge is 0.218 e. The van der Waals surface area contributed by atoms with Crippen LogP contribution in [0.25, 0.3) is 0 Å². The number of nitrogens with zero attached hydrogens (tertiary/aromatic N) is 1. The van der Waals surface area contributed by atoms with Gasteiger partial charge in [0.15, 0.2) is 0 Å². The summed E-state index contributed by atoms with van der Waals surface area (Å²) in [6.07, 6.45) is 2.05. The predicted octanol–water partition coefficient (Wildman–Crippen LogP) is 1.01. The molecule has 2 aliphatic heterocycles. The molecule has 2 fully saturated rings. The van der Waals surface area contributed by atoms with Crippen molar-refractivity contribution in [3.8, 4) is 0 Å². The molecule has 114 valence electrons. The summed E-state index contributed by atoms with van der Waals surface area (Å²) < 4.78 is 32.3. The van der Waals surface area contributed by atoms with Crippen molar-refractivity contribution in [2.75, 3.05) is 13.1 Å². The van der Waals surface area contributed by atoms with Crippen LogP contribution in [0.2, 0.25) is 0 Å². The van der Waals surface area contributed by atoms with Crippen molar-refractivity contribution in [2.24, 2.45) is 5.73 Å². The Morgan fingerprint density at radius 3 is 2.33 bits per heavy atom. The number of fused-ring (bicyclic) bond motifs is 2. The molecule has 0 spiro atoms. The zero-order valence-electron chi connectivity index (χ0n) is 11.6. The molecule has 0 aromatic heterocycles. The van der Waals surface area contributed by atoms with E-state index in [1.54, 1.807) is 28.6 Å². The van der Waals surface area contributed by atoms with Crippen LogP contribution >= 0.6 is 12.2 Å². The van der Waals surface area contributed by atoms with Crippen LogP contribution in [0, 0.1) is 0 Å². The van der Waals surface area contributed by atoms with Gasteiger partial charge < -0.3 is 10.5 Å². The second kappa shape index (κ2) is 5.64. The minimum absolute atomic E-state index is 0.00402. The Morgan fingerprint density at radius 1 is 1.24 bits per heavy atom. The zero-order chi connectivity index (χ0) is 15.0. The molecule has 2 unspecified atom stereocenters. The fourth-order valence-corrected chi connectivity index (χ4v) is 4.59. The average molecular weight is 326 g/mol. The average Bonchev–Trinajstić information content (AvgIpc) is 2.77. The number of morpholine rings is 1. The van der Waals surface area contributed by atoms with E-state index >= 15 is 0 Å². The van der Waals surface area contributed by atoms with Crippen LogP contribution in [-0.2, 0) is 20.5 Å². The molecule has 0 aliphatic carbocycles. The van der Waals surface area contributed by atoms with Gasteiger partial charge in [0.2, 0.25) is 10.0 Å². The van der Waals surface area contributed by atoms with Gasteiger partial charge in [-0.05, 0) is 18.4 Å². The summed E-state index contributed by atoms with van der Waals surface area (Å²) in [6.45, 7) is 0.952. The zero-order valence-corrected chi connectivity index (χ0v) is 13.2. The monoisotopic (exact) mass is 326 g/mol. The van der Waals surface area contributed by atoms with Gasteiger partial charge in [-0.25, -0.2) is 8.42 Å². The van der Waals surface area contributed by atoms with Crippen LogP contribution in [-0.4, -0.2) is 43.0 Å². The summed E-state index contributed by atoms with van der Waals surface area (Å²) in [7, 11) is -3.31. The molecule has 7 heteroatoms. The Morgan fingerprint density at radius 2 is 1.81 bits per heavy atom. The number of nitrogens with two attached hydrogens (primary N) is 1. The molecule has 1 aromatic carbocycles. The number of benzene rings is 1. The number of ether oxygens (including phenoxy) is 1. The van der Waals surface area contributed by atoms with Gasteiger partial charge in [-0.1, -0.05) is 36.5 Å². The Balaban J connectivity index is 1.72. The third-order valence-corrected chi connectivity index (χ3v) is 6.01. The molecular weight excluding hydrogens is 308 g/mol. The number of hydrogen-bond acceptors (Lipinski definition) is 4. The van der Waals surface area contributed by atoms with Gasteiger partial charge in [0.05, 0.1) is 18.0 Å². The molecule has 5 nitrogen and oxygen atoms in total. The van der Waals surface area contributed by atoms with E-state index in [9.17, 15) is 8.42 Å². The van der Waals surface area contributed by atoms with Crippen molar-refractivity contribution in [3.63, 3.8) is 0 Å². The Hall–Kier alpha value is -1.02. The lowest BCUT2D eigenvalue weighted by Gasteiger charge is -2.31. The van der Waals surface area contributed by atoms with Gasteiger partial charge in [0.1, 0.15) is 4.99 Å². The first-order valence-corrected chi connectivity index (χ1v) is 8.98. The van der Waals surface area contributed by atoms with Gasteiger partial charge >= 0.3 is 0 Å². The predicted molar refractivity (Wildman–Crippen MR) is 84.4 cm³/mol. The van der Waals surface area contributed by atoms with E-state index in [0.717, 1.165) is 24.0 Å². The maximum Gasteiger partial charge on any atom is 0.218 e. The minimum atomic E-state index is -3.31. The van der Waals surface area contributed by atoms with E-state index in [0.29, 0.717) is 18.1 Å². The fraction of sp³-hybridized carbons (Fsp3) is 0.500. The molecule has 21 heavy (non-hydrogen) atoms. The lowest BCUT2D eigenvalue weighted by Crippen LogP contribution is -2.46. The summed E-state index contributed by atoms with van der Waals surface area (Å²) in [5, 5.41) is 0. The van der Waals surface area contributed by atoms with E-state index in [-0.39, 0.29) is 18.0 Å². The summed E-state index contributed by atoms with van der Waals surface area (Å²) in [6, 6.07) is 7.05. The van der Waals surface area contributed by atoms with Crippen LogP contribution in [0.5, 0.6) is 0 Å². The third kappa shape index (κ3) is 3.26. The second-order valence-electron chi connectivity index (χ2n) is 5.59. The van der Waals surface area contributed by atoms with Crippen molar-refractivity contribution in [2.45, 2.75) is 30.8 Å². The first kappa shape index (κ1) is 14.9. The quantitative estimate of drug-likeness (QED) is 0.836. The Kier molecular flexibility index (Phi) is 4.00. The van der Waals surface area contributed by atoms with Crippen molar-refractivity contribution in [1.82, 2.24) is 4.31 Å². The molecule has 1 aromatic rings. The van der Waals surface area contributed by atoms with Gasteiger partial charge in [-0.2, -0.15) is 4.31 Å². The van der Waals surface area contributed by atoms with E-state index in [2.05, 4.69) is 0 Å². The van der Waals surface area contributed by atoms with E-state index < -0.39 is 10.0 Å². The topological polar surface area (TPSA) is 72.6 Å². The summed E-state index contributed by atoms with van der Waals surface area (Å²) in [5.41, 5.74) is 7.03. The molecule has 0 saturated carbocycles. The first-order valence-electron chi connectivity index (χ1n) is 6.96. The SMILES string of the molecule is NC(=S)c1ccc(CS(=O)(=O)N2CC3CCC(C2)O3)cc1. The first-order chi connectivity index (χ1) is 9.94. The molecular formula is C14H18N2O3S2. The summed E-state index contributed by atoms with van der Waals surface area (Å²) in [4.78, 5) is 0.314. The number of rotatable bonds is 4. The van der Waals surface area contributed by atoms with Crippen LogP contribution in [0.1, 0.15) is 24.0 Å². The highest BCUT2D eigenvalue weighted by atomic mass is 32.2. The number of thiocarbonyl (C=S) groups is 1. The van der Waals surface area contributed by atoms with Crippen molar-refractivity contribution >= 4 is 27.2 Å². The van der Waals surface area contributed by atoms with Crippen molar-refractivity contribution < 1.29 is 13.2 Å². The molecule has 2 saturated heterocycles. The highest BCUT2D eigenvalue weighted by Crippen LogP contribution is 2.28. The molecule has 2 N–H and O–H groups in total. The Labute approximate surface area is 130 Å². The highest BCUT2D eigenvalue weighted by molar-refractivity contribution is 7.88. The summed E-state index contributed by atoms with van der Waals surface area (Å²) >= 11 is 4.89. The minimum Gasteiger partial charge on any atom is -0.389 e. The van der Waals surface area contributed by atoms with Crippen LogP contribution in [0.3, 0.4) is 0 Å². The van der Waals surface area contributed by atoms with E-state index in [1.807, 2.05) is 0 Å². The molecule has 3 rings (SSSR count). The van der Waals surface area contributed by atoms with Gasteiger partial charge in [0.25, 0.3) is 0 Å². The van der Waals surface area contributed by atoms with Crippen LogP contribution < -0.4 is 5.73 Å². The Bertz CT molecular complexity index is 631. The van der Waals surface area contributed by atoms with Crippen molar-refractivity contribution in [1.29, 1.82) is 0 Å². The van der Waals surface area contributed by atoms with Crippen LogP contribution in [0.4, 0.5) is 0 Å². The fourth-order valence-electron chi connectivity index (χ4n) is 2.87. The molecule has 0 amide bonds. The lowest BCUT2D eigenvalue weighted by atomic mass is 10.1. The maximum absolute atomic E-state index is 12.5. The van der Waals surface area contributed by atoms with Gasteiger partial charge in [0, 0.05) is 18.7 Å². The maximum atomic E-state index is 12.5. The number of hydrogen-bond donors (Lipinski definition) is 1. The second-order valence-corrected chi connectivity index (χ2v) is 8.00.